The molecule has 6 nitrogen and oxygen atoms in total. The number of hydrogen-bond donors (Lipinski definition) is 0. The number of rotatable bonds is 58. The molecule has 0 heterocycles. The Bertz CT molecular complexity index is 1190. The Kier molecular flexibility index (Phi) is 58.2. The summed E-state index contributed by atoms with van der Waals surface area (Å²) in [6, 6.07) is 0. The summed E-state index contributed by atoms with van der Waals surface area (Å²) in [4.78, 5) is 38.3. The molecule has 0 fully saturated rings. The first-order valence-corrected chi connectivity index (χ1v) is 31.5. The second-order valence-electron chi connectivity index (χ2n) is 21.3. The van der Waals surface area contributed by atoms with Gasteiger partial charge in [-0.15, -0.1) is 0 Å². The van der Waals surface area contributed by atoms with Gasteiger partial charge < -0.3 is 14.2 Å². The van der Waals surface area contributed by atoms with Crippen LogP contribution in [0.1, 0.15) is 342 Å². The summed E-state index contributed by atoms with van der Waals surface area (Å²) in [6.07, 6.45) is 72.8. The fraction of sp³-hybridized carbons (Fsp3) is 0.862. The highest BCUT2D eigenvalue weighted by molar-refractivity contribution is 5.71. The van der Waals surface area contributed by atoms with Crippen LogP contribution in [0.3, 0.4) is 0 Å². The van der Waals surface area contributed by atoms with Crippen molar-refractivity contribution >= 4 is 17.9 Å². The lowest BCUT2D eigenvalue weighted by atomic mass is 10.0. The fourth-order valence-corrected chi connectivity index (χ4v) is 9.35. The molecule has 0 aliphatic carbocycles. The Balaban J connectivity index is 4.34. The van der Waals surface area contributed by atoms with Crippen LogP contribution < -0.4 is 0 Å². The topological polar surface area (TPSA) is 78.9 Å². The molecule has 0 bridgehead atoms. The van der Waals surface area contributed by atoms with Crippen LogP contribution in [0, 0.1) is 0 Å². The summed E-state index contributed by atoms with van der Waals surface area (Å²) in [6.45, 7) is 6.66. The predicted octanol–water partition coefficient (Wildman–Crippen LogP) is 21.2. The van der Waals surface area contributed by atoms with Crippen molar-refractivity contribution in [2.75, 3.05) is 13.2 Å². The molecule has 0 radical (unpaired) electrons. The fourth-order valence-electron chi connectivity index (χ4n) is 9.35. The van der Waals surface area contributed by atoms with E-state index >= 15 is 0 Å². The van der Waals surface area contributed by atoms with Crippen LogP contribution in [0.15, 0.2) is 36.5 Å². The third-order valence-electron chi connectivity index (χ3n) is 14.1. The molecule has 0 rings (SSSR count). The minimum atomic E-state index is -0.775. The molecule has 0 saturated heterocycles. The van der Waals surface area contributed by atoms with E-state index in [-0.39, 0.29) is 31.1 Å². The lowest BCUT2D eigenvalue weighted by molar-refractivity contribution is -0.167. The van der Waals surface area contributed by atoms with Crippen LogP contribution in [0.2, 0.25) is 0 Å². The number of esters is 3. The maximum absolute atomic E-state index is 12.9. The molecule has 0 N–H and O–H groups in total. The van der Waals surface area contributed by atoms with E-state index in [1.807, 2.05) is 0 Å². The molecule has 1 atom stereocenters. The number of allylic oxidation sites excluding steroid dienone is 6. The highest BCUT2D eigenvalue weighted by atomic mass is 16.6. The van der Waals surface area contributed by atoms with Crippen molar-refractivity contribution in [3.05, 3.63) is 36.5 Å². The molecule has 6 heteroatoms. The van der Waals surface area contributed by atoms with Crippen molar-refractivity contribution in [2.24, 2.45) is 0 Å². The van der Waals surface area contributed by atoms with Gasteiger partial charge in [-0.25, -0.2) is 0 Å². The van der Waals surface area contributed by atoms with Crippen molar-refractivity contribution in [1.29, 1.82) is 0 Å². The van der Waals surface area contributed by atoms with Crippen LogP contribution >= 0.6 is 0 Å². The first kappa shape index (κ1) is 68.6. The van der Waals surface area contributed by atoms with Crippen molar-refractivity contribution in [2.45, 2.75) is 348 Å². The molecule has 71 heavy (non-hydrogen) atoms. The predicted molar refractivity (Wildman–Crippen MR) is 307 cm³/mol. The Morgan fingerprint density at radius 2 is 0.507 bits per heavy atom. The smallest absolute Gasteiger partial charge is 0.306 e. The first-order valence-electron chi connectivity index (χ1n) is 31.5. The summed E-state index contributed by atoms with van der Waals surface area (Å²) in [5, 5.41) is 0. The third-order valence-corrected chi connectivity index (χ3v) is 14.1. The van der Waals surface area contributed by atoms with E-state index in [0.29, 0.717) is 19.3 Å². The molecule has 0 unspecified atom stereocenters. The van der Waals surface area contributed by atoms with Crippen LogP contribution in [0.5, 0.6) is 0 Å². The first-order chi connectivity index (χ1) is 35.0. The largest absolute Gasteiger partial charge is 0.462 e. The zero-order chi connectivity index (χ0) is 51.4. The van der Waals surface area contributed by atoms with Gasteiger partial charge in [0.25, 0.3) is 0 Å². The average molecular weight is 998 g/mol. The van der Waals surface area contributed by atoms with Gasteiger partial charge in [-0.1, -0.05) is 282 Å². The van der Waals surface area contributed by atoms with E-state index in [0.717, 1.165) is 70.6 Å². The maximum atomic E-state index is 12.9. The van der Waals surface area contributed by atoms with E-state index in [2.05, 4.69) is 57.2 Å². The van der Waals surface area contributed by atoms with Gasteiger partial charge in [0.2, 0.25) is 0 Å². The van der Waals surface area contributed by atoms with Gasteiger partial charge in [0.05, 0.1) is 0 Å². The zero-order valence-electron chi connectivity index (χ0n) is 47.8. The molecule has 0 saturated carbocycles. The van der Waals surface area contributed by atoms with Crippen molar-refractivity contribution in [3.63, 3.8) is 0 Å². The Morgan fingerprint density at radius 1 is 0.282 bits per heavy atom. The lowest BCUT2D eigenvalue weighted by Gasteiger charge is -2.18. The monoisotopic (exact) mass is 997 g/mol. The van der Waals surface area contributed by atoms with E-state index in [1.54, 1.807) is 0 Å². The Hall–Kier alpha value is -2.37. The number of unbranched alkanes of at least 4 members (excludes halogenated alkanes) is 41. The van der Waals surface area contributed by atoms with Gasteiger partial charge in [0.1, 0.15) is 13.2 Å². The summed E-state index contributed by atoms with van der Waals surface area (Å²) < 4.78 is 16.9. The highest BCUT2D eigenvalue weighted by Gasteiger charge is 2.19. The van der Waals surface area contributed by atoms with E-state index < -0.39 is 6.10 Å². The minimum absolute atomic E-state index is 0.0717. The number of carbonyl (C=O) groups is 3. The van der Waals surface area contributed by atoms with Crippen molar-refractivity contribution < 1.29 is 28.6 Å². The Morgan fingerprint density at radius 3 is 0.817 bits per heavy atom. The van der Waals surface area contributed by atoms with Gasteiger partial charge in [-0.3, -0.25) is 14.4 Å². The third kappa shape index (κ3) is 58.4. The minimum Gasteiger partial charge on any atom is -0.462 e. The van der Waals surface area contributed by atoms with Gasteiger partial charge in [-0.2, -0.15) is 0 Å². The van der Waals surface area contributed by atoms with Gasteiger partial charge in [-0.05, 0) is 77.0 Å². The lowest BCUT2D eigenvalue weighted by Crippen LogP contribution is -2.30. The van der Waals surface area contributed by atoms with E-state index in [4.69, 9.17) is 14.2 Å². The second kappa shape index (κ2) is 60.2. The molecule has 0 aliphatic rings. The zero-order valence-corrected chi connectivity index (χ0v) is 47.8. The van der Waals surface area contributed by atoms with Gasteiger partial charge in [0.15, 0.2) is 6.10 Å². The SMILES string of the molecule is CCCCC/C=C/C/C=C/CCCCCCCCCC(=O)O[C@@H](COC(=O)CCCCCCCCCCC/C=C/CCCCCCCC)COC(=O)CCCCCCCCCCCCCCCCCCC. The summed E-state index contributed by atoms with van der Waals surface area (Å²) in [5.41, 5.74) is 0. The highest BCUT2D eigenvalue weighted by Crippen LogP contribution is 2.17. The van der Waals surface area contributed by atoms with Crippen LogP contribution in [0.25, 0.3) is 0 Å². The molecule has 0 aromatic heterocycles. The normalized spacial score (nSPS) is 12.2. The van der Waals surface area contributed by atoms with Crippen molar-refractivity contribution in [3.8, 4) is 0 Å². The molecular weight excluding hydrogens is 877 g/mol. The van der Waals surface area contributed by atoms with Crippen LogP contribution in [-0.2, 0) is 28.6 Å². The molecule has 0 spiro atoms. The Labute approximate surface area is 442 Å². The second-order valence-corrected chi connectivity index (χ2v) is 21.3. The van der Waals surface area contributed by atoms with Gasteiger partial charge >= 0.3 is 17.9 Å². The molecule has 0 amide bonds. The average Bonchev–Trinajstić information content (AvgIpc) is 3.37. The summed E-state index contributed by atoms with van der Waals surface area (Å²) in [7, 11) is 0. The van der Waals surface area contributed by atoms with E-state index in [1.165, 1.54) is 231 Å². The molecule has 0 aliphatic heterocycles. The number of carbonyl (C=O) groups excluding carboxylic acids is 3. The number of hydrogen-bond acceptors (Lipinski definition) is 6. The number of ether oxygens (including phenoxy) is 3. The van der Waals surface area contributed by atoms with Crippen LogP contribution in [0.4, 0.5) is 0 Å². The molecule has 0 aromatic rings. The molecule has 416 valence electrons. The molecular formula is C65H120O6. The standard InChI is InChI=1S/C65H120O6/c1-4-7-10-13-16-19-22-25-28-31-32-35-37-40-43-46-49-52-55-58-64(67)70-61-62(71-65(68)59-56-53-50-47-44-41-38-34-30-27-24-21-18-15-12-9-6-3)60-69-63(66)57-54-51-48-45-42-39-36-33-29-26-23-20-17-14-11-8-5-2/h18,21,25,27-28,30,62H,4-17,19-20,22-24,26,29,31-61H2,1-3H3/b21-18+,28-25+,30-27+/t62-/m1/s1. The molecule has 0 aromatic carbocycles. The summed E-state index contributed by atoms with van der Waals surface area (Å²) >= 11 is 0. The van der Waals surface area contributed by atoms with Crippen LogP contribution in [-0.4, -0.2) is 37.2 Å². The summed E-state index contributed by atoms with van der Waals surface area (Å²) in [5.74, 6) is -0.859. The van der Waals surface area contributed by atoms with E-state index in [9.17, 15) is 14.4 Å². The van der Waals surface area contributed by atoms with Crippen molar-refractivity contribution in [1.82, 2.24) is 0 Å². The maximum Gasteiger partial charge on any atom is 0.306 e. The quantitative estimate of drug-likeness (QED) is 0.0261. The van der Waals surface area contributed by atoms with Gasteiger partial charge in [0, 0.05) is 19.3 Å².